The van der Waals surface area contributed by atoms with E-state index in [4.69, 9.17) is 4.74 Å². The zero-order chi connectivity index (χ0) is 21.7. The van der Waals surface area contributed by atoms with Gasteiger partial charge in [0.15, 0.2) is 11.5 Å². The van der Waals surface area contributed by atoms with Crippen molar-refractivity contribution in [2.24, 2.45) is 5.92 Å². The smallest absolute Gasteiger partial charge is 0.434 e. The van der Waals surface area contributed by atoms with Crippen molar-refractivity contribution in [3.8, 4) is 0 Å². The second kappa shape index (κ2) is 9.31. The normalized spacial score (nSPS) is 15.9. The number of carbonyl (C=O) groups excluding carboxylic acids is 2. The molecular weight excluding hydrogens is 403 g/mol. The van der Waals surface area contributed by atoms with Crippen molar-refractivity contribution in [1.82, 2.24) is 19.3 Å². The van der Waals surface area contributed by atoms with Crippen LogP contribution in [0.25, 0.3) is 0 Å². The molecule has 0 saturated heterocycles. The maximum absolute atomic E-state index is 13.0. The molecule has 11 heteroatoms. The number of nitrogens with zero attached hydrogens (tertiary/aromatic N) is 4. The predicted octanol–water partition coefficient (Wildman–Crippen LogP) is 3.42. The molecule has 0 spiro atoms. The fourth-order valence-corrected chi connectivity index (χ4v) is 3.64. The van der Waals surface area contributed by atoms with Crippen LogP contribution in [0.15, 0.2) is 24.8 Å². The molecular formula is C19H24F3N5O3. The first kappa shape index (κ1) is 21.8. The van der Waals surface area contributed by atoms with Gasteiger partial charge in [0, 0.05) is 18.5 Å². The molecule has 0 aliphatic heterocycles. The van der Waals surface area contributed by atoms with E-state index in [0.29, 0.717) is 6.42 Å². The summed E-state index contributed by atoms with van der Waals surface area (Å²) in [7, 11) is 0. The van der Waals surface area contributed by atoms with Crippen LogP contribution in [0.5, 0.6) is 0 Å². The Bertz CT molecular complexity index is 871. The molecule has 1 amide bonds. The van der Waals surface area contributed by atoms with E-state index < -0.39 is 29.8 Å². The summed E-state index contributed by atoms with van der Waals surface area (Å²) in [6.45, 7) is 1.83. The Morgan fingerprint density at radius 3 is 2.70 bits per heavy atom. The van der Waals surface area contributed by atoms with E-state index in [-0.39, 0.29) is 24.9 Å². The van der Waals surface area contributed by atoms with Gasteiger partial charge in [-0.05, 0) is 19.3 Å². The SMILES string of the molecule is CCOC(=O)Cn1ccc(NC(=O)C(CC2CCCC2)n2cnc(C(F)(F)F)c2)n1. The lowest BCUT2D eigenvalue weighted by atomic mass is 9.97. The maximum atomic E-state index is 13.0. The molecule has 1 aliphatic carbocycles. The molecule has 2 aromatic heterocycles. The number of hydrogen-bond acceptors (Lipinski definition) is 5. The first-order valence-electron chi connectivity index (χ1n) is 9.87. The number of anilines is 1. The zero-order valence-electron chi connectivity index (χ0n) is 16.6. The van der Waals surface area contributed by atoms with Crippen molar-refractivity contribution in [3.63, 3.8) is 0 Å². The Balaban J connectivity index is 1.73. The minimum atomic E-state index is -4.58. The molecule has 2 aromatic rings. The van der Waals surface area contributed by atoms with Crippen LogP contribution in [-0.4, -0.2) is 37.8 Å². The number of imidazole rings is 1. The standard InChI is InChI=1S/C19H24F3N5O3/c1-2-30-17(28)11-27-8-7-16(25-27)24-18(29)14(9-13-5-3-4-6-13)26-10-15(23-12-26)19(20,21)22/h7-8,10,12-14H,2-6,9,11H2,1H3,(H,24,25,29). The average Bonchev–Trinajstić information content (AvgIpc) is 3.41. The number of halogens is 3. The minimum absolute atomic E-state index is 0.105. The lowest BCUT2D eigenvalue weighted by Gasteiger charge is -2.21. The number of hydrogen-bond donors (Lipinski definition) is 1. The van der Waals surface area contributed by atoms with E-state index in [1.54, 1.807) is 6.92 Å². The monoisotopic (exact) mass is 427 g/mol. The van der Waals surface area contributed by atoms with Gasteiger partial charge in [0.25, 0.3) is 0 Å². The highest BCUT2D eigenvalue weighted by atomic mass is 19.4. The van der Waals surface area contributed by atoms with Crippen LogP contribution in [-0.2, 0) is 27.0 Å². The van der Waals surface area contributed by atoms with Crippen LogP contribution in [0.3, 0.4) is 0 Å². The Hall–Kier alpha value is -2.85. The Kier molecular flexibility index (Phi) is 6.78. The lowest BCUT2D eigenvalue weighted by Crippen LogP contribution is -2.27. The first-order valence-corrected chi connectivity index (χ1v) is 9.87. The molecule has 1 fully saturated rings. The second-order valence-electron chi connectivity index (χ2n) is 7.30. The van der Waals surface area contributed by atoms with Gasteiger partial charge in [0.2, 0.25) is 5.91 Å². The van der Waals surface area contributed by atoms with E-state index in [9.17, 15) is 22.8 Å². The van der Waals surface area contributed by atoms with Crippen molar-refractivity contribution in [2.75, 3.05) is 11.9 Å². The summed E-state index contributed by atoms with van der Waals surface area (Å²) in [4.78, 5) is 27.9. The van der Waals surface area contributed by atoms with Crippen molar-refractivity contribution in [1.29, 1.82) is 0 Å². The number of nitrogens with one attached hydrogen (secondary N) is 1. The maximum Gasteiger partial charge on any atom is 0.434 e. The third-order valence-electron chi connectivity index (χ3n) is 5.07. The summed E-state index contributed by atoms with van der Waals surface area (Å²) in [6, 6.07) is 0.672. The van der Waals surface area contributed by atoms with E-state index in [0.717, 1.165) is 38.2 Å². The van der Waals surface area contributed by atoms with Crippen LogP contribution in [0.1, 0.15) is 50.8 Å². The number of esters is 1. The summed E-state index contributed by atoms with van der Waals surface area (Å²) in [5, 5.41) is 6.74. The molecule has 1 unspecified atom stereocenters. The van der Waals surface area contributed by atoms with Gasteiger partial charge in [-0.1, -0.05) is 25.7 Å². The summed E-state index contributed by atoms with van der Waals surface area (Å²) in [5.74, 6) is -0.471. The second-order valence-corrected chi connectivity index (χ2v) is 7.30. The molecule has 0 radical (unpaired) electrons. The highest BCUT2D eigenvalue weighted by Gasteiger charge is 2.35. The molecule has 8 nitrogen and oxygen atoms in total. The third kappa shape index (κ3) is 5.61. The lowest BCUT2D eigenvalue weighted by molar-refractivity contribution is -0.144. The van der Waals surface area contributed by atoms with Gasteiger partial charge in [-0.3, -0.25) is 14.3 Å². The molecule has 1 saturated carbocycles. The first-order chi connectivity index (χ1) is 14.3. The number of amides is 1. The summed E-state index contributed by atoms with van der Waals surface area (Å²) in [6.07, 6.45) is 3.24. The van der Waals surface area contributed by atoms with Gasteiger partial charge in [-0.15, -0.1) is 0 Å². The molecule has 0 aromatic carbocycles. The van der Waals surface area contributed by atoms with E-state index in [2.05, 4.69) is 15.4 Å². The Morgan fingerprint density at radius 1 is 1.33 bits per heavy atom. The van der Waals surface area contributed by atoms with E-state index >= 15 is 0 Å². The molecule has 2 heterocycles. The summed E-state index contributed by atoms with van der Waals surface area (Å²) < 4.78 is 46.2. The van der Waals surface area contributed by atoms with Crippen LogP contribution < -0.4 is 5.32 Å². The number of alkyl halides is 3. The number of carbonyl (C=O) groups is 2. The fourth-order valence-electron chi connectivity index (χ4n) is 3.64. The van der Waals surface area contributed by atoms with Gasteiger partial charge >= 0.3 is 12.1 Å². The highest BCUT2D eigenvalue weighted by molar-refractivity contribution is 5.92. The topological polar surface area (TPSA) is 91.0 Å². The number of aromatic nitrogens is 4. The van der Waals surface area contributed by atoms with Crippen LogP contribution in [0, 0.1) is 5.92 Å². The zero-order valence-corrected chi connectivity index (χ0v) is 16.6. The van der Waals surface area contributed by atoms with Crippen molar-refractivity contribution in [3.05, 3.63) is 30.5 Å². The quantitative estimate of drug-likeness (QED) is 0.652. The van der Waals surface area contributed by atoms with E-state index in [1.165, 1.54) is 21.5 Å². The molecule has 1 aliphatic rings. The van der Waals surface area contributed by atoms with Gasteiger partial charge in [0.1, 0.15) is 12.6 Å². The van der Waals surface area contributed by atoms with Crippen LogP contribution in [0.2, 0.25) is 0 Å². The fraction of sp³-hybridized carbons (Fsp3) is 0.579. The largest absolute Gasteiger partial charge is 0.465 e. The molecule has 164 valence electrons. The molecule has 1 atom stereocenters. The number of rotatable bonds is 8. The molecule has 0 bridgehead atoms. The van der Waals surface area contributed by atoms with Gasteiger partial charge in [0.05, 0.1) is 12.9 Å². The predicted molar refractivity (Wildman–Crippen MR) is 100 cm³/mol. The Labute approximate surface area is 171 Å². The van der Waals surface area contributed by atoms with Crippen molar-refractivity contribution >= 4 is 17.7 Å². The van der Waals surface area contributed by atoms with Gasteiger partial charge in [-0.2, -0.15) is 18.3 Å². The van der Waals surface area contributed by atoms with Crippen LogP contribution in [0.4, 0.5) is 19.0 Å². The van der Waals surface area contributed by atoms with Crippen molar-refractivity contribution < 1.29 is 27.5 Å². The van der Waals surface area contributed by atoms with E-state index in [1.807, 2.05) is 0 Å². The highest BCUT2D eigenvalue weighted by Crippen LogP contribution is 2.34. The summed E-state index contributed by atoms with van der Waals surface area (Å²) in [5.41, 5.74) is -1.04. The van der Waals surface area contributed by atoms with Crippen LogP contribution >= 0.6 is 0 Å². The molecule has 3 rings (SSSR count). The van der Waals surface area contributed by atoms with Crippen molar-refractivity contribution in [2.45, 2.75) is 57.8 Å². The van der Waals surface area contributed by atoms with Gasteiger partial charge in [-0.25, -0.2) is 4.98 Å². The number of ether oxygens (including phenoxy) is 1. The molecule has 30 heavy (non-hydrogen) atoms. The minimum Gasteiger partial charge on any atom is -0.465 e. The van der Waals surface area contributed by atoms with Gasteiger partial charge < -0.3 is 14.6 Å². The summed E-state index contributed by atoms with van der Waals surface area (Å²) >= 11 is 0. The third-order valence-corrected chi connectivity index (χ3v) is 5.07. The average molecular weight is 427 g/mol. The molecule has 1 N–H and O–H groups in total. The Morgan fingerprint density at radius 2 is 2.07 bits per heavy atom.